The van der Waals surface area contributed by atoms with Crippen LogP contribution in [0.1, 0.15) is 24.2 Å². The number of aromatic nitrogens is 1. The van der Waals surface area contributed by atoms with E-state index in [-0.39, 0.29) is 12.2 Å². The van der Waals surface area contributed by atoms with Crippen LogP contribution in [0.2, 0.25) is 0 Å². The van der Waals surface area contributed by atoms with Crippen molar-refractivity contribution in [3.05, 3.63) is 48.2 Å². The van der Waals surface area contributed by atoms with Crippen molar-refractivity contribution in [2.75, 3.05) is 18.0 Å². The summed E-state index contributed by atoms with van der Waals surface area (Å²) in [6.45, 7) is 5.52. The Morgan fingerprint density at radius 2 is 1.92 bits per heavy atom. The molecule has 1 aromatic carbocycles. The number of hydrogen-bond donors (Lipinski definition) is 0. The molecule has 1 saturated heterocycles. The third kappa shape index (κ3) is 3.03. The second-order valence-corrected chi connectivity index (χ2v) is 6.57. The Kier molecular flexibility index (Phi) is 4.01. The largest absolute Gasteiger partial charge is 0.456 e. The minimum atomic E-state index is 0.111. The van der Waals surface area contributed by atoms with E-state index in [9.17, 15) is 4.79 Å². The molecule has 1 aliphatic rings. The number of anilines is 1. The first kappa shape index (κ1) is 15.8. The van der Waals surface area contributed by atoms with Gasteiger partial charge in [0.1, 0.15) is 17.2 Å². The minimum absolute atomic E-state index is 0.111. The highest BCUT2D eigenvalue weighted by Gasteiger charge is 2.25. The number of rotatable bonds is 3. The van der Waals surface area contributed by atoms with E-state index in [4.69, 9.17) is 9.15 Å². The van der Waals surface area contributed by atoms with Crippen molar-refractivity contribution < 1.29 is 13.9 Å². The van der Waals surface area contributed by atoms with Gasteiger partial charge in [0.2, 0.25) is 0 Å². The molecule has 0 bridgehead atoms. The van der Waals surface area contributed by atoms with Crippen molar-refractivity contribution in [3.63, 3.8) is 0 Å². The molecule has 0 radical (unpaired) electrons. The molecule has 1 aliphatic heterocycles. The van der Waals surface area contributed by atoms with Gasteiger partial charge in [-0.05, 0) is 32.0 Å². The monoisotopic (exact) mass is 336 g/mol. The fourth-order valence-corrected chi connectivity index (χ4v) is 3.44. The molecule has 3 heterocycles. The SMILES string of the molecule is C[C@@H]1CN(c2ncc(-c3cc4ccccc4o3)cc2C=O)C[C@H](C)O1. The molecular weight excluding hydrogens is 316 g/mol. The van der Waals surface area contributed by atoms with Gasteiger partial charge in [0.25, 0.3) is 0 Å². The number of furan rings is 1. The van der Waals surface area contributed by atoms with E-state index in [2.05, 4.69) is 9.88 Å². The zero-order valence-corrected chi connectivity index (χ0v) is 14.3. The number of hydrogen-bond acceptors (Lipinski definition) is 5. The summed E-state index contributed by atoms with van der Waals surface area (Å²) in [6.07, 6.45) is 2.85. The summed E-state index contributed by atoms with van der Waals surface area (Å²) in [6, 6.07) is 11.7. The van der Waals surface area contributed by atoms with Crippen molar-refractivity contribution in [3.8, 4) is 11.3 Å². The standard InChI is InChI=1S/C20H20N2O3/c1-13-10-22(11-14(2)24-13)20-17(12-23)7-16(9-21-20)19-8-15-5-3-4-6-18(15)25-19/h3-9,12-14H,10-11H2,1-2H3/t13-,14+. The highest BCUT2D eigenvalue weighted by molar-refractivity contribution is 5.87. The first-order valence-electron chi connectivity index (χ1n) is 8.48. The van der Waals surface area contributed by atoms with Crippen LogP contribution in [-0.4, -0.2) is 36.6 Å². The number of para-hydroxylation sites is 1. The number of aldehydes is 1. The van der Waals surface area contributed by atoms with Gasteiger partial charge in [-0.25, -0.2) is 4.98 Å². The van der Waals surface area contributed by atoms with Crippen LogP contribution in [-0.2, 0) is 4.74 Å². The summed E-state index contributed by atoms with van der Waals surface area (Å²) in [7, 11) is 0. The van der Waals surface area contributed by atoms with E-state index in [1.54, 1.807) is 6.20 Å². The van der Waals surface area contributed by atoms with Gasteiger partial charge in [0, 0.05) is 30.2 Å². The lowest BCUT2D eigenvalue weighted by molar-refractivity contribution is -0.00549. The molecule has 2 aromatic heterocycles. The van der Waals surface area contributed by atoms with Crippen LogP contribution in [0.5, 0.6) is 0 Å². The van der Waals surface area contributed by atoms with Gasteiger partial charge in [-0.2, -0.15) is 0 Å². The fraction of sp³-hybridized carbons (Fsp3) is 0.300. The van der Waals surface area contributed by atoms with Gasteiger partial charge < -0.3 is 14.1 Å². The Bertz CT molecular complexity index is 875. The highest BCUT2D eigenvalue weighted by Crippen LogP contribution is 2.30. The quantitative estimate of drug-likeness (QED) is 0.679. The number of carbonyl (C=O) groups is 1. The van der Waals surface area contributed by atoms with E-state index in [0.717, 1.165) is 35.9 Å². The first-order chi connectivity index (χ1) is 12.1. The van der Waals surface area contributed by atoms with Gasteiger partial charge in [0.15, 0.2) is 6.29 Å². The number of morpholine rings is 1. The molecule has 1 fully saturated rings. The molecule has 25 heavy (non-hydrogen) atoms. The summed E-state index contributed by atoms with van der Waals surface area (Å²) in [5.41, 5.74) is 2.20. The Labute approximate surface area is 146 Å². The van der Waals surface area contributed by atoms with Gasteiger partial charge in [-0.3, -0.25) is 4.79 Å². The zero-order chi connectivity index (χ0) is 17.4. The van der Waals surface area contributed by atoms with Gasteiger partial charge in [-0.15, -0.1) is 0 Å². The summed E-state index contributed by atoms with van der Waals surface area (Å²) in [5, 5.41) is 1.03. The summed E-state index contributed by atoms with van der Waals surface area (Å²) in [5.74, 6) is 1.42. The van der Waals surface area contributed by atoms with Gasteiger partial charge >= 0.3 is 0 Å². The summed E-state index contributed by atoms with van der Waals surface area (Å²) in [4.78, 5) is 18.3. The maximum absolute atomic E-state index is 11.7. The van der Waals surface area contributed by atoms with E-state index in [0.29, 0.717) is 17.1 Å². The molecule has 5 heteroatoms. The molecule has 4 rings (SSSR count). The predicted octanol–water partition coefficient (Wildman–Crippen LogP) is 3.92. The lowest BCUT2D eigenvalue weighted by Gasteiger charge is -2.36. The number of carbonyl (C=O) groups excluding carboxylic acids is 1. The average molecular weight is 336 g/mol. The van der Waals surface area contributed by atoms with Crippen LogP contribution in [0.3, 0.4) is 0 Å². The number of fused-ring (bicyclic) bond motifs is 1. The minimum Gasteiger partial charge on any atom is -0.456 e. The normalized spacial score (nSPS) is 20.8. The molecule has 0 N–H and O–H groups in total. The van der Waals surface area contributed by atoms with E-state index in [1.165, 1.54) is 0 Å². The maximum Gasteiger partial charge on any atom is 0.153 e. The van der Waals surface area contributed by atoms with Crippen molar-refractivity contribution >= 4 is 23.1 Å². The van der Waals surface area contributed by atoms with Crippen LogP contribution in [0.25, 0.3) is 22.3 Å². The second kappa shape index (κ2) is 6.33. The molecule has 0 unspecified atom stereocenters. The molecule has 0 amide bonds. The first-order valence-corrected chi connectivity index (χ1v) is 8.48. The molecule has 0 spiro atoms. The van der Waals surface area contributed by atoms with Gasteiger partial charge in [-0.1, -0.05) is 18.2 Å². The van der Waals surface area contributed by atoms with Crippen molar-refractivity contribution in [1.29, 1.82) is 0 Å². The molecule has 0 aliphatic carbocycles. The zero-order valence-electron chi connectivity index (χ0n) is 14.3. The van der Waals surface area contributed by atoms with E-state index in [1.807, 2.05) is 50.2 Å². The number of pyridine rings is 1. The molecule has 128 valence electrons. The third-order valence-electron chi connectivity index (χ3n) is 4.45. The Morgan fingerprint density at radius 3 is 2.64 bits per heavy atom. The number of nitrogens with zero attached hydrogens (tertiary/aromatic N) is 2. The second-order valence-electron chi connectivity index (χ2n) is 6.57. The third-order valence-corrected chi connectivity index (χ3v) is 4.45. The topological polar surface area (TPSA) is 55.6 Å². The summed E-state index contributed by atoms with van der Waals surface area (Å²) >= 11 is 0. The lowest BCUT2D eigenvalue weighted by Crippen LogP contribution is -2.46. The molecule has 3 aromatic rings. The molecule has 5 nitrogen and oxygen atoms in total. The van der Waals surface area contributed by atoms with E-state index < -0.39 is 0 Å². The number of benzene rings is 1. The smallest absolute Gasteiger partial charge is 0.153 e. The fourth-order valence-electron chi connectivity index (χ4n) is 3.44. The van der Waals surface area contributed by atoms with E-state index >= 15 is 0 Å². The molecule has 2 atom stereocenters. The molecular formula is C20H20N2O3. The van der Waals surface area contributed by atoms with Crippen LogP contribution < -0.4 is 4.90 Å². The Balaban J connectivity index is 1.71. The van der Waals surface area contributed by atoms with Crippen molar-refractivity contribution in [1.82, 2.24) is 4.98 Å². The lowest BCUT2D eigenvalue weighted by atomic mass is 10.1. The van der Waals surface area contributed by atoms with Crippen molar-refractivity contribution in [2.45, 2.75) is 26.1 Å². The van der Waals surface area contributed by atoms with Crippen LogP contribution in [0, 0.1) is 0 Å². The van der Waals surface area contributed by atoms with Crippen LogP contribution >= 0.6 is 0 Å². The molecule has 0 saturated carbocycles. The van der Waals surface area contributed by atoms with Crippen LogP contribution in [0.15, 0.2) is 47.0 Å². The maximum atomic E-state index is 11.7. The Hall–Kier alpha value is -2.66. The average Bonchev–Trinajstić information content (AvgIpc) is 3.04. The van der Waals surface area contributed by atoms with Crippen molar-refractivity contribution in [2.24, 2.45) is 0 Å². The van der Waals surface area contributed by atoms with Crippen LogP contribution in [0.4, 0.5) is 5.82 Å². The highest BCUT2D eigenvalue weighted by atomic mass is 16.5. The summed E-state index contributed by atoms with van der Waals surface area (Å²) < 4.78 is 11.6. The Morgan fingerprint density at radius 1 is 1.16 bits per heavy atom. The number of ether oxygens (including phenoxy) is 1. The predicted molar refractivity (Wildman–Crippen MR) is 97.1 cm³/mol. The van der Waals surface area contributed by atoms with Gasteiger partial charge in [0.05, 0.1) is 17.8 Å².